The molecule has 1 N–H and O–H groups in total. The van der Waals surface area contributed by atoms with Crippen molar-refractivity contribution in [1.82, 2.24) is 4.90 Å². The van der Waals surface area contributed by atoms with Crippen LogP contribution in [0.1, 0.15) is 23.1 Å². The molecule has 3 aromatic rings. The summed E-state index contributed by atoms with van der Waals surface area (Å²) in [6, 6.07) is 24.8. The van der Waals surface area contributed by atoms with Crippen LogP contribution in [0.5, 0.6) is 0 Å². The molecule has 0 fully saturated rings. The number of hydrogen-bond donors (Lipinski definition) is 1. The molecule has 0 saturated heterocycles. The summed E-state index contributed by atoms with van der Waals surface area (Å²) in [6.45, 7) is 0.800. The molecule has 0 aromatic heterocycles. The molecule has 118 valence electrons. The predicted octanol–water partition coefficient (Wildman–Crippen LogP) is 4.22. The lowest BCUT2D eigenvalue weighted by atomic mass is 9.87. The summed E-state index contributed by atoms with van der Waals surface area (Å²) < 4.78 is 0. The van der Waals surface area contributed by atoms with Crippen LogP contribution in [0.2, 0.25) is 0 Å². The number of hydrogen-bond acceptors (Lipinski definition) is 2. The first-order valence-electron chi connectivity index (χ1n) is 8.01. The zero-order valence-electron chi connectivity index (χ0n) is 13.7. The van der Waals surface area contributed by atoms with Gasteiger partial charge in [0.15, 0.2) is 0 Å². The van der Waals surface area contributed by atoms with E-state index >= 15 is 0 Å². The van der Waals surface area contributed by atoms with Crippen LogP contribution in [0, 0.1) is 0 Å². The van der Waals surface area contributed by atoms with Gasteiger partial charge in [0.05, 0.1) is 6.10 Å². The van der Waals surface area contributed by atoms with Crippen molar-refractivity contribution in [2.75, 3.05) is 20.6 Å². The van der Waals surface area contributed by atoms with Gasteiger partial charge in [-0.3, -0.25) is 0 Å². The van der Waals surface area contributed by atoms with Gasteiger partial charge in [0.1, 0.15) is 0 Å². The van der Waals surface area contributed by atoms with Gasteiger partial charge in [-0.1, -0.05) is 72.8 Å². The first-order chi connectivity index (χ1) is 11.1. The third kappa shape index (κ3) is 3.61. The smallest absolute Gasteiger partial charge is 0.0870 e. The van der Waals surface area contributed by atoms with Crippen LogP contribution in [0.15, 0.2) is 72.8 Å². The van der Waals surface area contributed by atoms with E-state index in [0.717, 1.165) is 12.1 Å². The minimum Gasteiger partial charge on any atom is -0.388 e. The molecule has 0 spiro atoms. The fraction of sp³-hybridized carbons (Fsp3) is 0.238. The molecule has 0 aliphatic carbocycles. The van der Waals surface area contributed by atoms with Crippen LogP contribution in [-0.4, -0.2) is 30.6 Å². The Kier molecular flexibility index (Phi) is 4.75. The van der Waals surface area contributed by atoms with Crippen molar-refractivity contribution in [3.63, 3.8) is 0 Å². The van der Waals surface area contributed by atoms with Gasteiger partial charge in [0.25, 0.3) is 0 Å². The molecule has 0 unspecified atom stereocenters. The Bertz CT molecular complexity index is 767. The number of benzene rings is 3. The van der Waals surface area contributed by atoms with E-state index in [1.165, 1.54) is 16.3 Å². The molecular formula is C21H23NO. The second kappa shape index (κ2) is 6.95. The molecule has 0 aliphatic heterocycles. The number of nitrogens with zero attached hydrogens (tertiary/aromatic N) is 1. The summed E-state index contributed by atoms with van der Waals surface area (Å²) in [6.07, 6.45) is -0.514. The molecule has 23 heavy (non-hydrogen) atoms. The number of aliphatic hydroxyl groups is 1. The Balaban J connectivity index is 2.00. The van der Waals surface area contributed by atoms with E-state index in [0.29, 0.717) is 0 Å². The highest BCUT2D eigenvalue weighted by molar-refractivity contribution is 5.83. The SMILES string of the molecule is CN(C)C[C@H](c1ccc2ccccc2c1)[C@@H](O)c1ccccc1. The summed E-state index contributed by atoms with van der Waals surface area (Å²) in [5, 5.41) is 13.4. The molecule has 2 heteroatoms. The lowest BCUT2D eigenvalue weighted by Gasteiger charge is -2.27. The van der Waals surface area contributed by atoms with Gasteiger partial charge in [-0.2, -0.15) is 0 Å². The summed E-state index contributed by atoms with van der Waals surface area (Å²) in [5.41, 5.74) is 2.14. The molecule has 0 radical (unpaired) electrons. The molecule has 3 aromatic carbocycles. The lowest BCUT2D eigenvalue weighted by Crippen LogP contribution is -2.25. The fourth-order valence-corrected chi connectivity index (χ4v) is 3.10. The maximum atomic E-state index is 10.9. The van der Waals surface area contributed by atoms with Gasteiger partial charge in [0.2, 0.25) is 0 Å². The number of likely N-dealkylation sites (N-methyl/N-ethyl adjacent to an activating group) is 1. The number of aliphatic hydroxyl groups excluding tert-OH is 1. The summed E-state index contributed by atoms with van der Waals surface area (Å²) >= 11 is 0. The summed E-state index contributed by atoms with van der Waals surface area (Å²) in [7, 11) is 4.09. The second-order valence-corrected chi connectivity index (χ2v) is 6.33. The van der Waals surface area contributed by atoms with E-state index in [-0.39, 0.29) is 5.92 Å². The third-order valence-electron chi connectivity index (χ3n) is 4.29. The van der Waals surface area contributed by atoms with Gasteiger partial charge in [-0.15, -0.1) is 0 Å². The van der Waals surface area contributed by atoms with Crippen molar-refractivity contribution < 1.29 is 5.11 Å². The lowest BCUT2D eigenvalue weighted by molar-refractivity contribution is 0.129. The minimum atomic E-state index is -0.514. The normalized spacial score (nSPS) is 14.1. The number of fused-ring (bicyclic) bond motifs is 1. The van der Waals surface area contributed by atoms with Crippen LogP contribution < -0.4 is 0 Å². The average molecular weight is 305 g/mol. The number of rotatable bonds is 5. The van der Waals surface area contributed by atoms with Gasteiger partial charge in [-0.05, 0) is 36.0 Å². The molecular weight excluding hydrogens is 282 g/mol. The zero-order valence-corrected chi connectivity index (χ0v) is 13.7. The Morgan fingerprint density at radius 1 is 0.783 bits per heavy atom. The van der Waals surface area contributed by atoms with Crippen LogP contribution in [0.3, 0.4) is 0 Å². The van der Waals surface area contributed by atoms with Crippen molar-refractivity contribution >= 4 is 10.8 Å². The molecule has 3 rings (SSSR count). The topological polar surface area (TPSA) is 23.5 Å². The second-order valence-electron chi connectivity index (χ2n) is 6.33. The van der Waals surface area contributed by atoms with Crippen molar-refractivity contribution in [1.29, 1.82) is 0 Å². The van der Waals surface area contributed by atoms with E-state index in [1.54, 1.807) is 0 Å². The monoisotopic (exact) mass is 305 g/mol. The highest BCUT2D eigenvalue weighted by Crippen LogP contribution is 2.33. The van der Waals surface area contributed by atoms with Crippen LogP contribution in [0.25, 0.3) is 10.8 Å². The molecule has 0 aliphatic rings. The van der Waals surface area contributed by atoms with E-state index in [9.17, 15) is 5.11 Å². The fourth-order valence-electron chi connectivity index (χ4n) is 3.10. The Hall–Kier alpha value is -2.16. The van der Waals surface area contributed by atoms with Gasteiger partial charge >= 0.3 is 0 Å². The quantitative estimate of drug-likeness (QED) is 0.763. The van der Waals surface area contributed by atoms with E-state index in [2.05, 4.69) is 47.4 Å². The highest BCUT2D eigenvalue weighted by Gasteiger charge is 2.23. The third-order valence-corrected chi connectivity index (χ3v) is 4.29. The predicted molar refractivity (Wildman–Crippen MR) is 96.6 cm³/mol. The van der Waals surface area contributed by atoms with E-state index in [1.807, 2.05) is 44.4 Å². The zero-order chi connectivity index (χ0) is 16.2. The standard InChI is InChI=1S/C21H23NO/c1-22(2)15-20(21(23)17-9-4-3-5-10-17)19-13-12-16-8-6-7-11-18(16)14-19/h3-14,20-21,23H,15H2,1-2H3/t20-,21+/m1/s1. The van der Waals surface area contributed by atoms with E-state index in [4.69, 9.17) is 0 Å². The van der Waals surface area contributed by atoms with Crippen molar-refractivity contribution in [2.24, 2.45) is 0 Å². The molecule has 0 heterocycles. The van der Waals surface area contributed by atoms with Crippen molar-refractivity contribution in [2.45, 2.75) is 12.0 Å². The Labute approximate surface area is 138 Å². The Morgan fingerprint density at radius 3 is 2.13 bits per heavy atom. The molecule has 2 nitrogen and oxygen atoms in total. The molecule has 0 bridgehead atoms. The Morgan fingerprint density at radius 2 is 1.43 bits per heavy atom. The van der Waals surface area contributed by atoms with Crippen LogP contribution in [0.4, 0.5) is 0 Å². The van der Waals surface area contributed by atoms with Crippen molar-refractivity contribution in [3.8, 4) is 0 Å². The molecule has 0 amide bonds. The maximum absolute atomic E-state index is 10.9. The largest absolute Gasteiger partial charge is 0.388 e. The van der Waals surface area contributed by atoms with Crippen LogP contribution >= 0.6 is 0 Å². The van der Waals surface area contributed by atoms with Gasteiger partial charge in [-0.25, -0.2) is 0 Å². The highest BCUT2D eigenvalue weighted by atomic mass is 16.3. The molecule has 2 atom stereocenters. The van der Waals surface area contributed by atoms with Gasteiger partial charge in [0, 0.05) is 12.5 Å². The van der Waals surface area contributed by atoms with Crippen molar-refractivity contribution in [3.05, 3.63) is 83.9 Å². The van der Waals surface area contributed by atoms with Crippen LogP contribution in [-0.2, 0) is 0 Å². The molecule has 0 saturated carbocycles. The maximum Gasteiger partial charge on any atom is 0.0870 e. The first-order valence-corrected chi connectivity index (χ1v) is 8.01. The minimum absolute atomic E-state index is 0.0389. The summed E-state index contributed by atoms with van der Waals surface area (Å²) in [5.74, 6) is 0.0389. The first kappa shape index (κ1) is 15.7. The average Bonchev–Trinajstić information content (AvgIpc) is 2.59. The van der Waals surface area contributed by atoms with Gasteiger partial charge < -0.3 is 10.0 Å². The summed E-state index contributed by atoms with van der Waals surface area (Å²) in [4.78, 5) is 2.13. The van der Waals surface area contributed by atoms with E-state index < -0.39 is 6.10 Å².